The van der Waals surface area contributed by atoms with Crippen LogP contribution >= 0.6 is 11.6 Å². The number of rotatable bonds is 7. The van der Waals surface area contributed by atoms with Crippen molar-refractivity contribution in [3.05, 3.63) is 83.8 Å². The van der Waals surface area contributed by atoms with Gasteiger partial charge in [-0.3, -0.25) is 4.79 Å². The number of aromatic nitrogens is 2. The largest absolute Gasteiger partial charge is 0.437 e. The smallest absolute Gasteiger partial charge is 0.247 e. The predicted octanol–water partition coefficient (Wildman–Crippen LogP) is 5.02. The highest BCUT2D eigenvalue weighted by Crippen LogP contribution is 2.29. The summed E-state index contributed by atoms with van der Waals surface area (Å²) in [5, 5.41) is 6.92. The molecule has 0 spiro atoms. The molecule has 152 valence electrons. The summed E-state index contributed by atoms with van der Waals surface area (Å²) in [6, 6.07) is 13.0. The topological polar surface area (TPSA) is 88.5 Å². The second kappa shape index (κ2) is 9.62. The van der Waals surface area contributed by atoms with E-state index in [1.807, 2.05) is 0 Å². The van der Waals surface area contributed by atoms with Crippen molar-refractivity contribution >= 4 is 34.9 Å². The van der Waals surface area contributed by atoms with E-state index >= 15 is 0 Å². The van der Waals surface area contributed by atoms with Crippen molar-refractivity contribution in [2.45, 2.75) is 6.92 Å². The molecule has 2 N–H and O–H groups in total. The minimum atomic E-state index is -0.384. The van der Waals surface area contributed by atoms with Gasteiger partial charge in [-0.05, 0) is 31.2 Å². The van der Waals surface area contributed by atoms with Crippen molar-refractivity contribution in [1.82, 2.24) is 9.97 Å². The summed E-state index contributed by atoms with van der Waals surface area (Å²) in [4.78, 5) is 19.7. The molecule has 7 nitrogen and oxygen atoms in total. The van der Waals surface area contributed by atoms with Gasteiger partial charge in [0.2, 0.25) is 17.7 Å². The lowest BCUT2D eigenvalue weighted by Crippen LogP contribution is -2.07. The van der Waals surface area contributed by atoms with Crippen molar-refractivity contribution in [3.8, 4) is 11.6 Å². The molecule has 0 fully saturated rings. The summed E-state index contributed by atoms with van der Waals surface area (Å²) < 4.78 is 19.6. The Morgan fingerprint density at radius 1 is 1.27 bits per heavy atom. The van der Waals surface area contributed by atoms with Gasteiger partial charge >= 0.3 is 0 Å². The number of carbonyl (C=O) groups excluding carboxylic acids is 1. The lowest BCUT2D eigenvalue weighted by molar-refractivity contribution is -0.111. The zero-order valence-corrected chi connectivity index (χ0v) is 16.7. The maximum absolute atomic E-state index is 13.9. The fraction of sp³-hybridized carbons (Fsp3) is 0.0476. The number of nitrogens with one attached hydrogen (secondary N) is 2. The van der Waals surface area contributed by atoms with Crippen LogP contribution in [0.5, 0.6) is 11.6 Å². The summed E-state index contributed by atoms with van der Waals surface area (Å²) in [5.74, 6) is -0.137. The van der Waals surface area contributed by atoms with Crippen LogP contribution in [0.3, 0.4) is 0 Å². The molecule has 9 heteroatoms. The number of benzene rings is 2. The van der Waals surface area contributed by atoms with Crippen molar-refractivity contribution < 1.29 is 13.9 Å². The first kappa shape index (κ1) is 20.9. The van der Waals surface area contributed by atoms with E-state index in [-0.39, 0.29) is 28.6 Å². The van der Waals surface area contributed by atoms with E-state index in [9.17, 15) is 9.18 Å². The predicted molar refractivity (Wildman–Crippen MR) is 115 cm³/mol. The fourth-order valence-electron chi connectivity index (χ4n) is 2.37. The van der Waals surface area contributed by atoms with Crippen LogP contribution in [-0.2, 0) is 4.79 Å². The lowest BCUT2D eigenvalue weighted by Gasteiger charge is -2.09. The molecule has 1 heterocycles. The molecule has 0 saturated heterocycles. The number of amides is 1. The molecule has 1 amide bonds. The number of hydrogen-bond donors (Lipinski definition) is 2. The summed E-state index contributed by atoms with van der Waals surface area (Å²) in [5.41, 5.74) is 3.95. The van der Waals surface area contributed by atoms with Crippen LogP contribution in [0.15, 0.2) is 72.5 Å². The van der Waals surface area contributed by atoms with Crippen LogP contribution in [-0.4, -0.2) is 21.6 Å². The Labute approximate surface area is 177 Å². The van der Waals surface area contributed by atoms with E-state index in [0.717, 1.165) is 6.08 Å². The molecule has 0 bridgehead atoms. The highest BCUT2D eigenvalue weighted by Gasteiger charge is 2.10. The average Bonchev–Trinajstić information content (AvgIpc) is 2.74. The first-order valence-corrected chi connectivity index (χ1v) is 9.13. The van der Waals surface area contributed by atoms with Gasteiger partial charge in [0.05, 0.1) is 11.9 Å². The SMILES string of the molecule is C=CC(=O)Nc1cccc(Oc2nc(N/N=C(\C)c3ccccc3F)ncc2Cl)c1. The van der Waals surface area contributed by atoms with Gasteiger partial charge in [0.15, 0.2) is 0 Å². The molecule has 0 atom stereocenters. The Balaban J connectivity index is 1.77. The molecule has 0 aliphatic heterocycles. The zero-order valence-electron chi connectivity index (χ0n) is 15.9. The second-order valence-electron chi connectivity index (χ2n) is 5.96. The molecular weight excluding hydrogens is 409 g/mol. The summed E-state index contributed by atoms with van der Waals surface area (Å²) in [7, 11) is 0. The molecule has 0 unspecified atom stereocenters. The third kappa shape index (κ3) is 5.39. The van der Waals surface area contributed by atoms with E-state index in [1.54, 1.807) is 49.4 Å². The Bertz CT molecular complexity index is 1120. The molecule has 3 aromatic rings. The number of anilines is 2. The van der Waals surface area contributed by atoms with E-state index in [0.29, 0.717) is 22.7 Å². The maximum atomic E-state index is 13.9. The fourth-order valence-corrected chi connectivity index (χ4v) is 2.50. The number of hydrazone groups is 1. The van der Waals surface area contributed by atoms with Gasteiger partial charge in [0.1, 0.15) is 16.6 Å². The van der Waals surface area contributed by atoms with Crippen molar-refractivity contribution in [1.29, 1.82) is 0 Å². The van der Waals surface area contributed by atoms with Crippen molar-refractivity contribution in [2.24, 2.45) is 5.10 Å². The molecule has 30 heavy (non-hydrogen) atoms. The van der Waals surface area contributed by atoms with Crippen LogP contribution in [0.1, 0.15) is 12.5 Å². The molecule has 0 aliphatic rings. The molecular formula is C21H17ClFN5O2. The van der Waals surface area contributed by atoms with Crippen LogP contribution in [0.2, 0.25) is 5.02 Å². The molecule has 0 aliphatic carbocycles. The van der Waals surface area contributed by atoms with Crippen molar-refractivity contribution in [2.75, 3.05) is 10.7 Å². The Hall–Kier alpha value is -3.78. The minimum absolute atomic E-state index is 0.0834. The van der Waals surface area contributed by atoms with Crippen LogP contribution in [0.4, 0.5) is 16.0 Å². The normalized spacial score (nSPS) is 11.0. The van der Waals surface area contributed by atoms with E-state index in [4.69, 9.17) is 16.3 Å². The highest BCUT2D eigenvalue weighted by molar-refractivity contribution is 6.31. The number of nitrogens with zero attached hydrogens (tertiary/aromatic N) is 3. The second-order valence-corrected chi connectivity index (χ2v) is 6.37. The molecule has 1 aromatic heterocycles. The van der Waals surface area contributed by atoms with Gasteiger partial charge in [-0.25, -0.2) is 14.8 Å². The summed E-state index contributed by atoms with van der Waals surface area (Å²) >= 11 is 6.13. The minimum Gasteiger partial charge on any atom is -0.437 e. The van der Waals surface area contributed by atoms with Crippen LogP contribution in [0, 0.1) is 5.82 Å². The van der Waals surface area contributed by atoms with Crippen molar-refractivity contribution in [3.63, 3.8) is 0 Å². The third-order valence-electron chi connectivity index (χ3n) is 3.80. The van der Waals surface area contributed by atoms with E-state index < -0.39 is 0 Å². The van der Waals surface area contributed by atoms with Gasteiger partial charge in [0.25, 0.3) is 0 Å². The zero-order chi connectivity index (χ0) is 21.5. The molecule has 2 aromatic carbocycles. The number of halogens is 2. The van der Waals surface area contributed by atoms with Crippen LogP contribution in [0.25, 0.3) is 0 Å². The summed E-state index contributed by atoms with van der Waals surface area (Å²) in [6.07, 6.45) is 2.51. The quantitative estimate of drug-likeness (QED) is 0.315. The first-order chi connectivity index (χ1) is 14.5. The Morgan fingerprint density at radius 3 is 2.83 bits per heavy atom. The number of carbonyl (C=O) groups is 1. The summed E-state index contributed by atoms with van der Waals surface area (Å²) in [6.45, 7) is 5.06. The maximum Gasteiger partial charge on any atom is 0.247 e. The molecule has 0 radical (unpaired) electrons. The van der Waals surface area contributed by atoms with Crippen LogP contribution < -0.4 is 15.5 Å². The van der Waals surface area contributed by atoms with Gasteiger partial charge in [0, 0.05) is 17.3 Å². The van der Waals surface area contributed by atoms with Gasteiger partial charge in [-0.1, -0.05) is 42.4 Å². The first-order valence-electron chi connectivity index (χ1n) is 8.75. The average molecular weight is 426 g/mol. The lowest BCUT2D eigenvalue weighted by atomic mass is 10.1. The number of ether oxygens (including phenoxy) is 1. The van der Waals surface area contributed by atoms with Gasteiger partial charge in [-0.2, -0.15) is 10.1 Å². The van der Waals surface area contributed by atoms with E-state index in [2.05, 4.69) is 32.4 Å². The molecule has 0 saturated carbocycles. The standard InChI is InChI=1S/C21H17ClFN5O2/c1-3-19(29)25-14-7-6-8-15(11-14)30-20-17(22)12-24-21(26-20)28-27-13(2)16-9-4-5-10-18(16)23/h3-12H,1H2,2H3,(H,25,29)(H,24,26,28)/b27-13+. The highest BCUT2D eigenvalue weighted by atomic mass is 35.5. The van der Waals surface area contributed by atoms with Gasteiger partial charge in [-0.15, -0.1) is 0 Å². The number of hydrogen-bond acceptors (Lipinski definition) is 6. The third-order valence-corrected chi connectivity index (χ3v) is 4.06. The Morgan fingerprint density at radius 2 is 2.07 bits per heavy atom. The Kier molecular flexibility index (Phi) is 6.71. The molecule has 3 rings (SSSR count). The monoisotopic (exact) mass is 425 g/mol. The van der Waals surface area contributed by atoms with Gasteiger partial charge < -0.3 is 10.1 Å². The van der Waals surface area contributed by atoms with E-state index in [1.165, 1.54) is 12.3 Å².